The van der Waals surface area contributed by atoms with E-state index >= 15 is 0 Å². The maximum Gasteiger partial charge on any atom is 0.122 e. The number of nitrogens with zero attached hydrogens (tertiary/aromatic N) is 1. The van der Waals surface area contributed by atoms with Crippen LogP contribution in [0.5, 0.6) is 5.75 Å². The highest BCUT2D eigenvalue weighted by Crippen LogP contribution is 2.41. The number of fused-ring (bicyclic) bond motifs is 1. The van der Waals surface area contributed by atoms with Crippen LogP contribution < -0.4 is 10.1 Å². The molecule has 29 heavy (non-hydrogen) atoms. The molecule has 0 aromatic heterocycles. The van der Waals surface area contributed by atoms with Crippen LogP contribution in [0.4, 0.5) is 0 Å². The zero-order valence-corrected chi connectivity index (χ0v) is 18.2. The number of rotatable bonds is 7. The zero-order valence-electron chi connectivity index (χ0n) is 18.2. The number of allylic oxidation sites excluding steroid dienone is 1. The third-order valence-corrected chi connectivity index (χ3v) is 5.79. The molecule has 1 aliphatic rings. The number of carbonyl (C=O) groups is 1. The Hall–Kier alpha value is -2.75. The van der Waals surface area contributed by atoms with Crippen LogP contribution in [0.25, 0.3) is 11.1 Å². The van der Waals surface area contributed by atoms with Crippen LogP contribution >= 0.6 is 0 Å². The van der Waals surface area contributed by atoms with Crippen molar-refractivity contribution in [1.82, 2.24) is 10.2 Å². The maximum absolute atomic E-state index is 11.8. The van der Waals surface area contributed by atoms with Crippen LogP contribution in [-0.4, -0.2) is 32.4 Å². The number of carbonyl (C=O) groups excluding carboxylic acids is 1. The molecule has 0 radical (unpaired) electrons. The van der Waals surface area contributed by atoms with Crippen LogP contribution in [0.15, 0.2) is 53.9 Å². The number of nitrogens with one attached hydrogen (secondary N) is 1. The Balaban J connectivity index is 2.12. The van der Waals surface area contributed by atoms with Gasteiger partial charge >= 0.3 is 0 Å². The standard InChI is InChI=1S/C25H32N2O2/c1-18(2)24(27(3)4)26-25(14-15-28)13-7-9-19-11-12-21(17-23(19)25)20-8-6-10-22(16-20)29-5/h6,8,10-12,15-17,26H,7,9,13-14H2,1-5H3/t25-/m0/s1. The molecule has 0 heterocycles. The van der Waals surface area contributed by atoms with Crippen molar-refractivity contribution in [3.8, 4) is 16.9 Å². The molecule has 0 saturated heterocycles. The van der Waals surface area contributed by atoms with Gasteiger partial charge < -0.3 is 19.7 Å². The second kappa shape index (κ2) is 8.73. The van der Waals surface area contributed by atoms with E-state index in [0.29, 0.717) is 6.42 Å². The lowest BCUT2D eigenvalue weighted by Crippen LogP contribution is -2.47. The van der Waals surface area contributed by atoms with Crippen LogP contribution in [0.1, 0.15) is 44.2 Å². The lowest BCUT2D eigenvalue weighted by atomic mass is 9.73. The lowest BCUT2D eigenvalue weighted by molar-refractivity contribution is -0.109. The van der Waals surface area contributed by atoms with Gasteiger partial charge in [-0.3, -0.25) is 0 Å². The summed E-state index contributed by atoms with van der Waals surface area (Å²) in [7, 11) is 5.77. The molecule has 2 aromatic carbocycles. The minimum Gasteiger partial charge on any atom is -0.497 e. The normalized spacial score (nSPS) is 17.8. The van der Waals surface area contributed by atoms with E-state index in [1.807, 2.05) is 26.2 Å². The van der Waals surface area contributed by atoms with Crippen molar-refractivity contribution in [2.45, 2.75) is 45.1 Å². The molecule has 4 heteroatoms. The van der Waals surface area contributed by atoms with Gasteiger partial charge in [0.15, 0.2) is 0 Å². The molecule has 1 aliphatic carbocycles. The highest BCUT2D eigenvalue weighted by molar-refractivity contribution is 5.68. The minimum atomic E-state index is -0.388. The minimum absolute atomic E-state index is 0.388. The summed E-state index contributed by atoms with van der Waals surface area (Å²) in [5, 5.41) is 3.78. The third-order valence-electron chi connectivity index (χ3n) is 5.79. The van der Waals surface area contributed by atoms with Gasteiger partial charge in [-0.15, -0.1) is 0 Å². The van der Waals surface area contributed by atoms with Gasteiger partial charge in [0, 0.05) is 20.5 Å². The van der Waals surface area contributed by atoms with E-state index in [4.69, 9.17) is 4.74 Å². The van der Waals surface area contributed by atoms with Crippen molar-refractivity contribution < 1.29 is 9.53 Å². The van der Waals surface area contributed by atoms with Crippen LogP contribution in [0.3, 0.4) is 0 Å². The van der Waals surface area contributed by atoms with Crippen molar-refractivity contribution in [2.75, 3.05) is 21.2 Å². The summed E-state index contributed by atoms with van der Waals surface area (Å²) >= 11 is 0. The van der Waals surface area contributed by atoms with E-state index in [2.05, 4.69) is 54.4 Å². The molecule has 0 fully saturated rings. The number of benzene rings is 2. The Bertz CT molecular complexity index is 913. The molecule has 0 amide bonds. The molecule has 0 saturated carbocycles. The molecule has 1 N–H and O–H groups in total. The number of hydrogen-bond donors (Lipinski definition) is 1. The van der Waals surface area contributed by atoms with Gasteiger partial charge in [-0.2, -0.15) is 0 Å². The van der Waals surface area contributed by atoms with E-state index < -0.39 is 0 Å². The van der Waals surface area contributed by atoms with Crippen molar-refractivity contribution in [2.24, 2.45) is 0 Å². The van der Waals surface area contributed by atoms with E-state index in [1.54, 1.807) is 7.11 Å². The first-order chi connectivity index (χ1) is 13.9. The van der Waals surface area contributed by atoms with E-state index in [0.717, 1.165) is 48.2 Å². The van der Waals surface area contributed by atoms with Crippen molar-refractivity contribution >= 4 is 6.29 Å². The SMILES string of the molecule is COc1cccc(-c2ccc3c(c2)[C@](CC=O)(NC(=C(C)C)N(C)C)CCC3)c1. The molecule has 0 unspecified atom stereocenters. The highest BCUT2D eigenvalue weighted by atomic mass is 16.5. The molecule has 154 valence electrons. The fourth-order valence-electron chi connectivity index (χ4n) is 4.38. The van der Waals surface area contributed by atoms with Gasteiger partial charge in [0.05, 0.1) is 12.6 Å². The Morgan fingerprint density at radius 3 is 2.59 bits per heavy atom. The molecule has 2 aromatic rings. The molecule has 4 nitrogen and oxygen atoms in total. The van der Waals surface area contributed by atoms with Crippen molar-refractivity contribution in [1.29, 1.82) is 0 Å². The molecular formula is C25H32N2O2. The Kier molecular flexibility index (Phi) is 6.31. The largest absolute Gasteiger partial charge is 0.497 e. The first kappa shape index (κ1) is 21.0. The summed E-state index contributed by atoms with van der Waals surface area (Å²) in [5.41, 5.74) is 5.64. The van der Waals surface area contributed by atoms with Crippen LogP contribution in [0, 0.1) is 0 Å². The molecule has 1 atom stereocenters. The quantitative estimate of drug-likeness (QED) is 0.682. The number of aryl methyl sites for hydroxylation is 1. The maximum atomic E-state index is 11.8. The second-order valence-corrected chi connectivity index (χ2v) is 8.28. The zero-order chi connectivity index (χ0) is 21.0. The third kappa shape index (κ3) is 4.31. The summed E-state index contributed by atoms with van der Waals surface area (Å²) in [5.74, 6) is 1.92. The number of hydrogen-bond acceptors (Lipinski definition) is 4. The highest BCUT2D eigenvalue weighted by Gasteiger charge is 2.37. The van der Waals surface area contributed by atoms with Gasteiger partial charge in [0.25, 0.3) is 0 Å². The van der Waals surface area contributed by atoms with Gasteiger partial charge in [0.2, 0.25) is 0 Å². The average Bonchev–Trinajstić information content (AvgIpc) is 2.72. The summed E-state index contributed by atoms with van der Waals surface area (Å²) < 4.78 is 5.40. The monoisotopic (exact) mass is 392 g/mol. The predicted molar refractivity (Wildman–Crippen MR) is 119 cm³/mol. The fraction of sp³-hybridized carbons (Fsp3) is 0.400. The number of ether oxygens (including phenoxy) is 1. The lowest BCUT2D eigenvalue weighted by Gasteiger charge is -2.42. The van der Waals surface area contributed by atoms with Crippen LogP contribution in [-0.2, 0) is 16.8 Å². The summed E-state index contributed by atoms with van der Waals surface area (Å²) in [6, 6.07) is 14.8. The number of aldehydes is 1. The molecule has 0 bridgehead atoms. The molecule has 3 rings (SSSR count). The topological polar surface area (TPSA) is 41.6 Å². The van der Waals surface area contributed by atoms with Gasteiger partial charge in [-0.1, -0.05) is 24.3 Å². The summed E-state index contributed by atoms with van der Waals surface area (Å²) in [6.07, 6.45) is 4.55. The smallest absolute Gasteiger partial charge is 0.122 e. The first-order valence-electron chi connectivity index (χ1n) is 10.2. The Morgan fingerprint density at radius 1 is 1.17 bits per heavy atom. The molecule has 0 spiro atoms. The van der Waals surface area contributed by atoms with Gasteiger partial charge in [-0.25, -0.2) is 0 Å². The summed E-state index contributed by atoms with van der Waals surface area (Å²) in [4.78, 5) is 13.9. The van der Waals surface area contributed by atoms with E-state index in [1.165, 1.54) is 16.7 Å². The van der Waals surface area contributed by atoms with Gasteiger partial charge in [-0.05, 0) is 79.1 Å². The van der Waals surface area contributed by atoms with E-state index in [-0.39, 0.29) is 5.54 Å². The average molecular weight is 393 g/mol. The second-order valence-electron chi connectivity index (χ2n) is 8.28. The molecular weight excluding hydrogens is 360 g/mol. The van der Waals surface area contributed by atoms with E-state index in [9.17, 15) is 4.79 Å². The molecule has 0 aliphatic heterocycles. The Labute approximate surface area is 174 Å². The van der Waals surface area contributed by atoms with Crippen molar-refractivity contribution in [3.05, 3.63) is 65.0 Å². The number of methoxy groups -OCH3 is 1. The van der Waals surface area contributed by atoms with Crippen molar-refractivity contribution in [3.63, 3.8) is 0 Å². The Morgan fingerprint density at radius 2 is 1.93 bits per heavy atom. The van der Waals surface area contributed by atoms with Crippen LogP contribution in [0.2, 0.25) is 0 Å². The van der Waals surface area contributed by atoms with Gasteiger partial charge in [0.1, 0.15) is 17.9 Å². The summed E-state index contributed by atoms with van der Waals surface area (Å²) in [6.45, 7) is 4.21. The predicted octanol–water partition coefficient (Wildman–Crippen LogP) is 4.89. The first-order valence-corrected chi connectivity index (χ1v) is 10.2. The fourth-order valence-corrected chi connectivity index (χ4v) is 4.38.